The number of hydrogen-bond donors (Lipinski definition) is 2. The Bertz CT molecular complexity index is 554. The Morgan fingerprint density at radius 2 is 2.00 bits per heavy atom. The number of nitrogens with one attached hydrogen (secondary N) is 2. The molecule has 2 aliphatic heterocycles. The lowest BCUT2D eigenvalue weighted by molar-refractivity contribution is -0.120. The summed E-state index contributed by atoms with van der Waals surface area (Å²) in [6.45, 7) is 3.99. The first kappa shape index (κ1) is 17.2. The standard InChI is InChI=1S/C15H19ClN2O3.ClH/c1-9-6-10(2-3-17-9)15(19)18-12-8-14-13(7-11(12)16)20-4-5-21-14;/h7-10,17H,2-6H2,1H3,(H,18,19);1H/t9-,10-;/m0./s1. The molecule has 3 rings (SSSR count). The molecule has 7 heteroatoms. The Morgan fingerprint density at radius 3 is 2.68 bits per heavy atom. The Balaban J connectivity index is 0.00000176. The Kier molecular flexibility index (Phi) is 5.78. The van der Waals surface area contributed by atoms with Gasteiger partial charge >= 0.3 is 0 Å². The van der Waals surface area contributed by atoms with Crippen LogP contribution in [0, 0.1) is 5.92 Å². The van der Waals surface area contributed by atoms with E-state index in [1.807, 2.05) is 0 Å². The van der Waals surface area contributed by atoms with Gasteiger partial charge in [0.1, 0.15) is 13.2 Å². The summed E-state index contributed by atoms with van der Waals surface area (Å²) in [5, 5.41) is 6.72. The minimum atomic E-state index is 0. The maximum Gasteiger partial charge on any atom is 0.227 e. The van der Waals surface area contributed by atoms with E-state index < -0.39 is 0 Å². The molecule has 122 valence electrons. The van der Waals surface area contributed by atoms with Crippen molar-refractivity contribution in [2.75, 3.05) is 25.1 Å². The van der Waals surface area contributed by atoms with Crippen molar-refractivity contribution < 1.29 is 14.3 Å². The average molecular weight is 347 g/mol. The van der Waals surface area contributed by atoms with Crippen molar-refractivity contribution in [3.05, 3.63) is 17.2 Å². The number of carbonyl (C=O) groups is 1. The van der Waals surface area contributed by atoms with Gasteiger partial charge in [-0.1, -0.05) is 11.6 Å². The van der Waals surface area contributed by atoms with E-state index >= 15 is 0 Å². The molecule has 0 radical (unpaired) electrons. The molecule has 2 atom stereocenters. The smallest absolute Gasteiger partial charge is 0.227 e. The molecule has 2 aliphatic rings. The molecular weight excluding hydrogens is 327 g/mol. The van der Waals surface area contributed by atoms with E-state index in [1.165, 1.54) is 0 Å². The van der Waals surface area contributed by atoms with Crippen LogP contribution in [-0.4, -0.2) is 31.7 Å². The fraction of sp³-hybridized carbons (Fsp3) is 0.533. The highest BCUT2D eigenvalue weighted by molar-refractivity contribution is 6.34. The first-order valence-electron chi connectivity index (χ1n) is 7.27. The zero-order chi connectivity index (χ0) is 14.8. The van der Waals surface area contributed by atoms with E-state index in [0.29, 0.717) is 41.5 Å². The number of amides is 1. The van der Waals surface area contributed by atoms with Crippen molar-refractivity contribution in [2.45, 2.75) is 25.8 Å². The molecule has 1 fully saturated rings. The van der Waals surface area contributed by atoms with Gasteiger partial charge in [0.25, 0.3) is 0 Å². The van der Waals surface area contributed by atoms with E-state index in [1.54, 1.807) is 12.1 Å². The third-order valence-electron chi connectivity index (χ3n) is 3.88. The van der Waals surface area contributed by atoms with Gasteiger partial charge in [0.2, 0.25) is 5.91 Å². The predicted octanol–water partition coefficient (Wildman–Crippen LogP) is 2.86. The number of benzene rings is 1. The maximum absolute atomic E-state index is 12.4. The van der Waals surface area contributed by atoms with Crippen molar-refractivity contribution in [2.24, 2.45) is 5.92 Å². The van der Waals surface area contributed by atoms with Crippen LogP contribution in [0.4, 0.5) is 5.69 Å². The molecule has 1 saturated heterocycles. The topological polar surface area (TPSA) is 59.6 Å². The number of carbonyl (C=O) groups excluding carboxylic acids is 1. The third kappa shape index (κ3) is 3.77. The molecule has 1 aromatic rings. The van der Waals surface area contributed by atoms with Crippen LogP contribution in [0.5, 0.6) is 11.5 Å². The van der Waals surface area contributed by atoms with Gasteiger partial charge in [-0.05, 0) is 26.3 Å². The van der Waals surface area contributed by atoms with Crippen LogP contribution in [0.3, 0.4) is 0 Å². The van der Waals surface area contributed by atoms with Gasteiger partial charge in [0.05, 0.1) is 10.7 Å². The number of halogens is 2. The molecule has 0 aliphatic carbocycles. The van der Waals surface area contributed by atoms with Crippen molar-refractivity contribution in [3.8, 4) is 11.5 Å². The van der Waals surface area contributed by atoms with Crippen LogP contribution in [0.2, 0.25) is 5.02 Å². The summed E-state index contributed by atoms with van der Waals surface area (Å²) < 4.78 is 11.0. The second-order valence-electron chi connectivity index (χ2n) is 5.54. The molecule has 2 N–H and O–H groups in total. The monoisotopic (exact) mass is 346 g/mol. The highest BCUT2D eigenvalue weighted by Crippen LogP contribution is 2.38. The van der Waals surface area contributed by atoms with Crippen LogP contribution >= 0.6 is 24.0 Å². The minimum absolute atomic E-state index is 0. The van der Waals surface area contributed by atoms with Gasteiger partial charge in [-0.25, -0.2) is 0 Å². The Labute approximate surface area is 141 Å². The van der Waals surface area contributed by atoms with E-state index in [4.69, 9.17) is 21.1 Å². The van der Waals surface area contributed by atoms with Crippen molar-refractivity contribution in [3.63, 3.8) is 0 Å². The van der Waals surface area contributed by atoms with Crippen LogP contribution in [0.15, 0.2) is 12.1 Å². The lowest BCUT2D eigenvalue weighted by Crippen LogP contribution is -2.40. The summed E-state index contributed by atoms with van der Waals surface area (Å²) in [6, 6.07) is 3.79. The fourth-order valence-corrected chi connectivity index (χ4v) is 2.97. The van der Waals surface area contributed by atoms with Crippen molar-refractivity contribution >= 4 is 35.6 Å². The summed E-state index contributed by atoms with van der Waals surface area (Å²) in [7, 11) is 0. The summed E-state index contributed by atoms with van der Waals surface area (Å²) in [5.41, 5.74) is 0.581. The second kappa shape index (κ2) is 7.40. The summed E-state index contributed by atoms with van der Waals surface area (Å²) in [5.74, 6) is 1.28. The molecule has 0 aromatic heterocycles. The molecule has 22 heavy (non-hydrogen) atoms. The van der Waals surface area contributed by atoms with Crippen LogP contribution in [0.1, 0.15) is 19.8 Å². The lowest BCUT2D eigenvalue weighted by Gasteiger charge is -2.27. The molecule has 2 heterocycles. The molecular formula is C15H20Cl2N2O3. The summed E-state index contributed by atoms with van der Waals surface area (Å²) in [6.07, 6.45) is 1.69. The zero-order valence-electron chi connectivity index (χ0n) is 12.4. The van der Waals surface area contributed by atoms with E-state index in [2.05, 4.69) is 17.6 Å². The van der Waals surface area contributed by atoms with E-state index in [0.717, 1.165) is 19.4 Å². The third-order valence-corrected chi connectivity index (χ3v) is 4.20. The number of anilines is 1. The van der Waals surface area contributed by atoms with Crippen LogP contribution in [0.25, 0.3) is 0 Å². The van der Waals surface area contributed by atoms with Crippen molar-refractivity contribution in [1.29, 1.82) is 0 Å². The summed E-state index contributed by atoms with van der Waals surface area (Å²) in [4.78, 5) is 12.4. The van der Waals surface area contributed by atoms with E-state index in [-0.39, 0.29) is 24.2 Å². The average Bonchev–Trinajstić information content (AvgIpc) is 2.48. The largest absolute Gasteiger partial charge is 0.486 e. The van der Waals surface area contributed by atoms with Gasteiger partial charge in [0, 0.05) is 24.1 Å². The van der Waals surface area contributed by atoms with E-state index in [9.17, 15) is 4.79 Å². The molecule has 5 nitrogen and oxygen atoms in total. The number of hydrogen-bond acceptors (Lipinski definition) is 4. The second-order valence-corrected chi connectivity index (χ2v) is 5.95. The molecule has 1 aromatic carbocycles. The first-order valence-corrected chi connectivity index (χ1v) is 7.64. The summed E-state index contributed by atoms with van der Waals surface area (Å²) >= 11 is 6.21. The maximum atomic E-state index is 12.4. The SMILES string of the molecule is C[C@H]1C[C@@H](C(=O)Nc2cc3c(cc2Cl)OCCO3)CCN1.Cl. The molecule has 0 spiro atoms. The van der Waals surface area contributed by atoms with Gasteiger partial charge in [-0.3, -0.25) is 4.79 Å². The molecule has 0 saturated carbocycles. The highest BCUT2D eigenvalue weighted by atomic mass is 35.5. The molecule has 1 amide bonds. The molecule has 0 bridgehead atoms. The molecule has 0 unspecified atom stereocenters. The minimum Gasteiger partial charge on any atom is -0.486 e. The normalized spacial score (nSPS) is 23.4. The van der Waals surface area contributed by atoms with Gasteiger partial charge < -0.3 is 20.1 Å². The van der Waals surface area contributed by atoms with Gasteiger partial charge in [0.15, 0.2) is 11.5 Å². The highest BCUT2D eigenvalue weighted by Gasteiger charge is 2.25. The number of piperidine rings is 1. The fourth-order valence-electron chi connectivity index (χ4n) is 2.76. The van der Waals surface area contributed by atoms with Gasteiger partial charge in [-0.2, -0.15) is 0 Å². The number of fused-ring (bicyclic) bond motifs is 1. The first-order chi connectivity index (χ1) is 10.1. The quantitative estimate of drug-likeness (QED) is 0.864. The predicted molar refractivity (Wildman–Crippen MR) is 88.5 cm³/mol. The Hall–Kier alpha value is -1.17. The van der Waals surface area contributed by atoms with Gasteiger partial charge in [-0.15, -0.1) is 12.4 Å². The lowest BCUT2D eigenvalue weighted by atomic mass is 9.92. The number of rotatable bonds is 2. The number of ether oxygens (including phenoxy) is 2. The van der Waals surface area contributed by atoms with Crippen LogP contribution in [-0.2, 0) is 4.79 Å². The van der Waals surface area contributed by atoms with Crippen LogP contribution < -0.4 is 20.1 Å². The Morgan fingerprint density at radius 1 is 1.32 bits per heavy atom. The van der Waals surface area contributed by atoms with Crippen molar-refractivity contribution in [1.82, 2.24) is 5.32 Å². The zero-order valence-corrected chi connectivity index (χ0v) is 13.9.